The molecule has 0 bridgehead atoms. The fourth-order valence-electron chi connectivity index (χ4n) is 2.60. The van der Waals surface area contributed by atoms with Crippen molar-refractivity contribution in [2.24, 2.45) is 0 Å². The van der Waals surface area contributed by atoms with E-state index in [-0.39, 0.29) is 4.90 Å². The zero-order valence-electron chi connectivity index (χ0n) is 11.5. The van der Waals surface area contributed by atoms with Gasteiger partial charge in [0, 0.05) is 17.6 Å². The van der Waals surface area contributed by atoms with Gasteiger partial charge in [0.2, 0.25) is 0 Å². The third kappa shape index (κ3) is 2.57. The Bertz CT molecular complexity index is 896. The SMILES string of the molecule is Cc1cc2cccc(S(=O)(=O)O)c2n1Cc1ccccc1. The second-order valence-electron chi connectivity index (χ2n) is 5.03. The fraction of sp³-hybridized carbons (Fsp3) is 0.125. The smallest absolute Gasteiger partial charge is 0.296 e. The highest BCUT2D eigenvalue weighted by Gasteiger charge is 2.18. The normalized spacial score (nSPS) is 11.9. The molecule has 2 aromatic carbocycles. The Balaban J connectivity index is 2.25. The summed E-state index contributed by atoms with van der Waals surface area (Å²) < 4.78 is 34.6. The van der Waals surface area contributed by atoms with Gasteiger partial charge in [-0.1, -0.05) is 42.5 Å². The van der Waals surface area contributed by atoms with Gasteiger partial charge in [-0.25, -0.2) is 0 Å². The van der Waals surface area contributed by atoms with Crippen molar-refractivity contribution in [1.29, 1.82) is 0 Å². The highest BCUT2D eigenvalue weighted by molar-refractivity contribution is 7.86. The molecule has 108 valence electrons. The van der Waals surface area contributed by atoms with Gasteiger partial charge in [-0.3, -0.25) is 4.55 Å². The molecule has 0 saturated carbocycles. The van der Waals surface area contributed by atoms with E-state index >= 15 is 0 Å². The minimum absolute atomic E-state index is 0.0518. The van der Waals surface area contributed by atoms with E-state index in [1.54, 1.807) is 6.07 Å². The molecule has 5 heteroatoms. The molecular weight excluding hydrogens is 286 g/mol. The molecular formula is C16H15NO3S. The predicted molar refractivity (Wildman–Crippen MR) is 82.0 cm³/mol. The number of rotatable bonds is 3. The molecule has 0 radical (unpaired) electrons. The Morgan fingerprint density at radius 2 is 1.76 bits per heavy atom. The number of aryl methyl sites for hydroxylation is 1. The summed E-state index contributed by atoms with van der Waals surface area (Å²) in [6, 6.07) is 16.6. The van der Waals surface area contributed by atoms with Crippen molar-refractivity contribution >= 4 is 21.0 Å². The quantitative estimate of drug-likeness (QED) is 0.755. The molecule has 3 aromatic rings. The summed E-state index contributed by atoms with van der Waals surface area (Å²) in [6.07, 6.45) is 0. The van der Waals surface area contributed by atoms with Crippen molar-refractivity contribution < 1.29 is 13.0 Å². The van der Waals surface area contributed by atoms with E-state index in [2.05, 4.69) is 0 Å². The standard InChI is InChI=1S/C16H15NO3S/c1-12-10-14-8-5-9-15(21(18,19)20)16(14)17(12)11-13-6-3-2-4-7-13/h2-10H,11H2,1H3,(H,18,19,20). The van der Waals surface area contributed by atoms with E-state index in [0.29, 0.717) is 12.1 Å². The highest BCUT2D eigenvalue weighted by atomic mass is 32.2. The number of nitrogens with zero attached hydrogens (tertiary/aromatic N) is 1. The number of benzene rings is 2. The number of hydrogen-bond acceptors (Lipinski definition) is 2. The molecule has 1 heterocycles. The van der Waals surface area contributed by atoms with Crippen LogP contribution in [0, 0.1) is 6.92 Å². The molecule has 0 aliphatic carbocycles. The third-order valence-electron chi connectivity index (χ3n) is 3.55. The highest BCUT2D eigenvalue weighted by Crippen LogP contribution is 2.27. The summed E-state index contributed by atoms with van der Waals surface area (Å²) in [5, 5.41) is 0.804. The van der Waals surface area contributed by atoms with Gasteiger partial charge >= 0.3 is 0 Å². The van der Waals surface area contributed by atoms with Gasteiger partial charge in [0.1, 0.15) is 4.90 Å². The molecule has 0 aliphatic rings. The largest absolute Gasteiger partial charge is 0.339 e. The lowest BCUT2D eigenvalue weighted by Gasteiger charge is -2.10. The lowest BCUT2D eigenvalue weighted by molar-refractivity contribution is 0.483. The average Bonchev–Trinajstić information content (AvgIpc) is 2.75. The first kappa shape index (κ1) is 13.9. The first-order chi connectivity index (χ1) is 9.97. The Morgan fingerprint density at radius 1 is 1.05 bits per heavy atom. The van der Waals surface area contributed by atoms with Crippen LogP contribution in [0.25, 0.3) is 10.9 Å². The van der Waals surface area contributed by atoms with E-state index in [1.807, 2.05) is 54.0 Å². The molecule has 0 amide bonds. The van der Waals surface area contributed by atoms with Gasteiger partial charge < -0.3 is 4.57 Å². The van der Waals surface area contributed by atoms with E-state index in [4.69, 9.17) is 0 Å². The molecule has 1 N–H and O–H groups in total. The first-order valence-electron chi connectivity index (χ1n) is 6.57. The monoisotopic (exact) mass is 301 g/mol. The molecule has 1 aromatic heterocycles. The fourth-order valence-corrected chi connectivity index (χ4v) is 3.32. The molecule has 0 fully saturated rings. The van der Waals surface area contributed by atoms with Gasteiger partial charge in [0.15, 0.2) is 0 Å². The van der Waals surface area contributed by atoms with Crippen molar-refractivity contribution in [2.45, 2.75) is 18.4 Å². The van der Waals surface area contributed by atoms with Crippen LogP contribution in [0.5, 0.6) is 0 Å². The van der Waals surface area contributed by atoms with Gasteiger partial charge in [0.05, 0.1) is 5.52 Å². The molecule has 0 unspecified atom stereocenters. The van der Waals surface area contributed by atoms with Crippen LogP contribution in [0.4, 0.5) is 0 Å². The minimum atomic E-state index is -4.25. The van der Waals surface area contributed by atoms with Gasteiger partial charge in [-0.05, 0) is 24.6 Å². The van der Waals surface area contributed by atoms with Crippen molar-refractivity contribution in [3.63, 3.8) is 0 Å². The molecule has 21 heavy (non-hydrogen) atoms. The second-order valence-corrected chi connectivity index (χ2v) is 6.42. The van der Waals surface area contributed by atoms with Gasteiger partial charge in [-0.2, -0.15) is 8.42 Å². The molecule has 0 aliphatic heterocycles. The van der Waals surface area contributed by atoms with Crippen molar-refractivity contribution in [3.05, 3.63) is 65.9 Å². The zero-order valence-corrected chi connectivity index (χ0v) is 12.3. The van der Waals surface area contributed by atoms with Crippen molar-refractivity contribution in [1.82, 2.24) is 4.57 Å². The van der Waals surface area contributed by atoms with Crippen LogP contribution in [0.2, 0.25) is 0 Å². The molecule has 3 rings (SSSR count). The van der Waals surface area contributed by atoms with Crippen LogP contribution in [0.15, 0.2) is 59.5 Å². The average molecular weight is 301 g/mol. The van der Waals surface area contributed by atoms with Crippen LogP contribution in [-0.4, -0.2) is 17.5 Å². The summed E-state index contributed by atoms with van der Waals surface area (Å²) in [4.78, 5) is -0.0518. The van der Waals surface area contributed by atoms with Gasteiger partial charge in [-0.15, -0.1) is 0 Å². The zero-order chi connectivity index (χ0) is 15.0. The van der Waals surface area contributed by atoms with Gasteiger partial charge in [0.25, 0.3) is 10.1 Å². The number of para-hydroxylation sites is 1. The second kappa shape index (κ2) is 5.02. The number of aromatic nitrogens is 1. The lowest BCUT2D eigenvalue weighted by Crippen LogP contribution is -2.06. The topological polar surface area (TPSA) is 59.3 Å². The van der Waals surface area contributed by atoms with Crippen molar-refractivity contribution in [2.75, 3.05) is 0 Å². The molecule has 4 nitrogen and oxygen atoms in total. The lowest BCUT2D eigenvalue weighted by atomic mass is 10.2. The summed E-state index contributed by atoms with van der Waals surface area (Å²) >= 11 is 0. The summed E-state index contributed by atoms with van der Waals surface area (Å²) in [5.41, 5.74) is 2.56. The number of fused-ring (bicyclic) bond motifs is 1. The summed E-state index contributed by atoms with van der Waals surface area (Å²) in [6.45, 7) is 2.49. The van der Waals surface area contributed by atoms with E-state index in [9.17, 15) is 13.0 Å². The van der Waals surface area contributed by atoms with Crippen LogP contribution in [-0.2, 0) is 16.7 Å². The molecule has 0 atom stereocenters. The first-order valence-corrected chi connectivity index (χ1v) is 8.01. The Labute approximate surface area is 123 Å². The van der Waals surface area contributed by atoms with Crippen LogP contribution < -0.4 is 0 Å². The maximum Gasteiger partial charge on any atom is 0.296 e. The van der Waals surface area contributed by atoms with Crippen LogP contribution in [0.3, 0.4) is 0 Å². The molecule has 0 saturated heterocycles. The predicted octanol–water partition coefficient (Wildman–Crippen LogP) is 3.24. The Morgan fingerprint density at radius 3 is 2.43 bits per heavy atom. The van der Waals surface area contributed by atoms with E-state index < -0.39 is 10.1 Å². The summed E-state index contributed by atoms with van der Waals surface area (Å²) in [7, 11) is -4.25. The third-order valence-corrected chi connectivity index (χ3v) is 4.44. The summed E-state index contributed by atoms with van der Waals surface area (Å²) in [5.74, 6) is 0. The van der Waals surface area contributed by atoms with Crippen molar-refractivity contribution in [3.8, 4) is 0 Å². The maximum atomic E-state index is 11.6. The van der Waals surface area contributed by atoms with E-state index in [1.165, 1.54) is 6.07 Å². The maximum absolute atomic E-state index is 11.6. The van der Waals surface area contributed by atoms with Crippen LogP contribution >= 0.6 is 0 Å². The number of hydrogen-bond donors (Lipinski definition) is 1. The molecule has 0 spiro atoms. The Hall–Kier alpha value is -2.11. The van der Waals surface area contributed by atoms with E-state index in [0.717, 1.165) is 16.6 Å². The Kier molecular flexibility index (Phi) is 3.31. The van der Waals surface area contributed by atoms with Crippen LogP contribution in [0.1, 0.15) is 11.3 Å². The minimum Gasteiger partial charge on any atom is -0.339 e.